The molecule has 7 nitrogen and oxygen atoms in total. The molecule has 0 bridgehead atoms. The number of carbonyl (C=O) groups excluding carboxylic acids is 1. The van der Waals surface area contributed by atoms with E-state index < -0.39 is 15.7 Å². The second-order valence-electron chi connectivity index (χ2n) is 6.83. The predicted molar refractivity (Wildman–Crippen MR) is 103 cm³/mol. The molecule has 2 N–H and O–H groups in total. The zero-order valence-electron chi connectivity index (χ0n) is 15.8. The first-order valence-electron chi connectivity index (χ1n) is 8.89. The van der Waals surface area contributed by atoms with Crippen molar-refractivity contribution in [1.82, 2.24) is 5.48 Å². The summed E-state index contributed by atoms with van der Waals surface area (Å²) in [5.74, 6) is 0.221. The Morgan fingerprint density at radius 1 is 1.11 bits per heavy atom. The molecule has 1 aliphatic rings. The molecule has 1 aliphatic carbocycles. The molecule has 3 rings (SSSR count). The third kappa shape index (κ3) is 4.13. The maximum absolute atomic E-state index is 12.9. The smallest absolute Gasteiger partial charge is 0.274 e. The van der Waals surface area contributed by atoms with Crippen molar-refractivity contribution in [3.63, 3.8) is 0 Å². The van der Waals surface area contributed by atoms with Crippen LogP contribution >= 0.6 is 0 Å². The van der Waals surface area contributed by atoms with E-state index in [4.69, 9.17) is 14.7 Å². The standard InChI is InChI=1S/C20H23NO6S/c1-26-18-8-7-17(11-19(18)27-2)28(24,25)12-13-3-4-14-5-6-15(20(22)21-23)10-16(14)9-13/h5-8,10-11,13,23H,3-4,9,12H2,1-2H3,(H,21,22). The Labute approximate surface area is 164 Å². The summed E-state index contributed by atoms with van der Waals surface area (Å²) in [7, 11) is -0.544. The molecule has 0 heterocycles. The Morgan fingerprint density at radius 2 is 1.86 bits per heavy atom. The van der Waals surface area contributed by atoms with Gasteiger partial charge in [0.25, 0.3) is 5.91 Å². The Bertz CT molecular complexity index is 986. The van der Waals surface area contributed by atoms with Gasteiger partial charge < -0.3 is 9.47 Å². The van der Waals surface area contributed by atoms with E-state index in [1.54, 1.807) is 23.7 Å². The van der Waals surface area contributed by atoms with Crippen molar-refractivity contribution >= 4 is 15.7 Å². The number of carbonyl (C=O) groups is 1. The van der Waals surface area contributed by atoms with Crippen LogP contribution in [0, 0.1) is 5.92 Å². The summed E-state index contributed by atoms with van der Waals surface area (Å²) < 4.78 is 36.2. The Hall–Kier alpha value is -2.58. The zero-order chi connectivity index (χ0) is 20.3. The van der Waals surface area contributed by atoms with E-state index >= 15 is 0 Å². The van der Waals surface area contributed by atoms with Crippen LogP contribution in [0.4, 0.5) is 0 Å². The highest BCUT2D eigenvalue weighted by Gasteiger charge is 2.26. The van der Waals surface area contributed by atoms with Crippen LogP contribution in [-0.4, -0.2) is 39.5 Å². The minimum absolute atomic E-state index is 0.0122. The quantitative estimate of drug-likeness (QED) is 0.565. The van der Waals surface area contributed by atoms with Crippen molar-refractivity contribution in [2.75, 3.05) is 20.0 Å². The van der Waals surface area contributed by atoms with Crippen LogP contribution in [0.1, 0.15) is 27.9 Å². The van der Waals surface area contributed by atoms with E-state index in [0.29, 0.717) is 23.5 Å². The van der Waals surface area contributed by atoms with E-state index in [9.17, 15) is 13.2 Å². The Morgan fingerprint density at radius 3 is 2.54 bits per heavy atom. The van der Waals surface area contributed by atoms with Gasteiger partial charge in [0.2, 0.25) is 0 Å². The number of rotatable bonds is 6. The van der Waals surface area contributed by atoms with Crippen molar-refractivity contribution in [2.45, 2.75) is 24.2 Å². The number of methoxy groups -OCH3 is 2. The lowest BCUT2D eigenvalue weighted by Crippen LogP contribution is -2.24. The summed E-state index contributed by atoms with van der Waals surface area (Å²) in [4.78, 5) is 11.8. The monoisotopic (exact) mass is 405 g/mol. The maximum atomic E-state index is 12.9. The predicted octanol–water partition coefficient (Wildman–Crippen LogP) is 2.40. The number of hydrogen-bond donors (Lipinski definition) is 2. The molecule has 8 heteroatoms. The number of fused-ring (bicyclic) bond motifs is 1. The summed E-state index contributed by atoms with van der Waals surface area (Å²) in [5, 5.41) is 8.81. The Kier molecular flexibility index (Phi) is 5.90. The summed E-state index contributed by atoms with van der Waals surface area (Å²) in [6.07, 6.45) is 2.07. The molecule has 150 valence electrons. The largest absolute Gasteiger partial charge is 0.493 e. The molecule has 28 heavy (non-hydrogen) atoms. The highest BCUT2D eigenvalue weighted by molar-refractivity contribution is 7.91. The normalized spacial score (nSPS) is 16.2. The highest BCUT2D eigenvalue weighted by Crippen LogP contribution is 2.32. The third-order valence-electron chi connectivity index (χ3n) is 5.07. The van der Waals surface area contributed by atoms with Gasteiger partial charge in [-0.1, -0.05) is 6.07 Å². The molecule has 0 saturated carbocycles. The molecule has 1 unspecified atom stereocenters. The number of hydrogen-bond acceptors (Lipinski definition) is 6. The van der Waals surface area contributed by atoms with Gasteiger partial charge in [0.15, 0.2) is 21.3 Å². The van der Waals surface area contributed by atoms with Crippen LogP contribution in [0.15, 0.2) is 41.3 Å². The van der Waals surface area contributed by atoms with Gasteiger partial charge in [0, 0.05) is 11.6 Å². The number of aryl methyl sites for hydroxylation is 1. The zero-order valence-corrected chi connectivity index (χ0v) is 16.6. The molecule has 0 fully saturated rings. The average Bonchev–Trinajstić information content (AvgIpc) is 2.71. The van der Waals surface area contributed by atoms with Gasteiger partial charge in [-0.3, -0.25) is 10.0 Å². The number of nitrogens with one attached hydrogen (secondary N) is 1. The van der Waals surface area contributed by atoms with Gasteiger partial charge in [-0.25, -0.2) is 13.9 Å². The molecule has 0 saturated heterocycles. The van der Waals surface area contributed by atoms with Crippen molar-refractivity contribution in [1.29, 1.82) is 0 Å². The topological polar surface area (TPSA) is 102 Å². The second-order valence-corrected chi connectivity index (χ2v) is 8.87. The van der Waals surface area contributed by atoms with Gasteiger partial charge in [-0.05, 0) is 60.6 Å². The molecular formula is C20H23NO6S. The molecule has 2 aromatic rings. The number of amides is 1. The van der Waals surface area contributed by atoms with Crippen molar-refractivity contribution in [3.05, 3.63) is 53.1 Å². The minimum atomic E-state index is -3.51. The van der Waals surface area contributed by atoms with Gasteiger partial charge in [0.1, 0.15) is 0 Å². The fourth-order valence-electron chi connectivity index (χ4n) is 3.60. The lowest BCUT2D eigenvalue weighted by Gasteiger charge is -2.25. The maximum Gasteiger partial charge on any atom is 0.274 e. The number of benzene rings is 2. The first kappa shape index (κ1) is 20.2. The first-order valence-corrected chi connectivity index (χ1v) is 10.5. The summed E-state index contributed by atoms with van der Waals surface area (Å²) in [6.45, 7) is 0. The molecule has 0 aliphatic heterocycles. The summed E-state index contributed by atoms with van der Waals surface area (Å²) >= 11 is 0. The second kappa shape index (κ2) is 8.20. The van der Waals surface area contributed by atoms with Crippen LogP contribution in [0.2, 0.25) is 0 Å². The van der Waals surface area contributed by atoms with Crippen LogP contribution < -0.4 is 15.0 Å². The SMILES string of the molecule is COc1ccc(S(=O)(=O)CC2CCc3ccc(C(=O)NO)cc3C2)cc1OC. The molecule has 0 aromatic heterocycles. The molecule has 1 amide bonds. The average molecular weight is 405 g/mol. The van der Waals surface area contributed by atoms with Crippen LogP contribution in [0.5, 0.6) is 11.5 Å². The fourth-order valence-corrected chi connectivity index (χ4v) is 5.26. The van der Waals surface area contributed by atoms with Crippen molar-refractivity contribution < 1.29 is 27.9 Å². The number of hydroxylamine groups is 1. The van der Waals surface area contributed by atoms with E-state index in [0.717, 1.165) is 24.0 Å². The Balaban J connectivity index is 1.80. The van der Waals surface area contributed by atoms with Gasteiger partial charge >= 0.3 is 0 Å². The fraction of sp³-hybridized carbons (Fsp3) is 0.350. The minimum Gasteiger partial charge on any atom is -0.493 e. The van der Waals surface area contributed by atoms with E-state index in [2.05, 4.69) is 0 Å². The van der Waals surface area contributed by atoms with Crippen LogP contribution in [0.25, 0.3) is 0 Å². The van der Waals surface area contributed by atoms with E-state index in [1.807, 2.05) is 6.07 Å². The van der Waals surface area contributed by atoms with Crippen LogP contribution in [0.3, 0.4) is 0 Å². The van der Waals surface area contributed by atoms with Crippen molar-refractivity contribution in [3.8, 4) is 11.5 Å². The molecule has 2 aromatic carbocycles. The van der Waals surface area contributed by atoms with E-state index in [1.165, 1.54) is 26.4 Å². The lowest BCUT2D eigenvalue weighted by atomic mass is 9.84. The summed E-state index contributed by atoms with van der Waals surface area (Å²) in [5.41, 5.74) is 4.02. The highest BCUT2D eigenvalue weighted by atomic mass is 32.2. The van der Waals surface area contributed by atoms with Gasteiger partial charge in [0.05, 0.1) is 24.9 Å². The van der Waals surface area contributed by atoms with Gasteiger partial charge in [-0.15, -0.1) is 0 Å². The van der Waals surface area contributed by atoms with Crippen molar-refractivity contribution in [2.24, 2.45) is 5.92 Å². The molecule has 0 radical (unpaired) electrons. The van der Waals surface area contributed by atoms with Crippen LogP contribution in [-0.2, 0) is 22.7 Å². The molecule has 1 atom stereocenters. The lowest BCUT2D eigenvalue weighted by molar-refractivity contribution is 0.0706. The van der Waals surface area contributed by atoms with Gasteiger partial charge in [-0.2, -0.15) is 0 Å². The number of sulfone groups is 1. The first-order chi connectivity index (χ1) is 13.4. The van der Waals surface area contributed by atoms with E-state index in [-0.39, 0.29) is 16.6 Å². The third-order valence-corrected chi connectivity index (χ3v) is 6.95. The summed E-state index contributed by atoms with van der Waals surface area (Å²) in [6, 6.07) is 9.83. The number of ether oxygens (including phenoxy) is 2. The molecule has 0 spiro atoms. The molecular weight excluding hydrogens is 382 g/mol.